The summed E-state index contributed by atoms with van der Waals surface area (Å²) < 4.78 is 17.2. The minimum atomic E-state index is -0.788. The van der Waals surface area contributed by atoms with Crippen LogP contribution >= 0.6 is 0 Å². The molecule has 0 N–H and O–H groups in total. The van der Waals surface area contributed by atoms with Gasteiger partial charge in [0, 0.05) is 17.7 Å². The highest BCUT2D eigenvalue weighted by molar-refractivity contribution is 6.53. The van der Waals surface area contributed by atoms with Gasteiger partial charge in [0.2, 0.25) is 0 Å². The van der Waals surface area contributed by atoms with Gasteiger partial charge in [0.1, 0.15) is 11.4 Å². The topological polar surface area (TPSA) is 82.1 Å². The summed E-state index contributed by atoms with van der Waals surface area (Å²) in [6.45, 7) is 1.60. The van der Waals surface area contributed by atoms with Crippen molar-refractivity contribution in [1.29, 1.82) is 0 Å². The van der Waals surface area contributed by atoms with Crippen molar-refractivity contribution in [3.63, 3.8) is 0 Å². The maximum Gasteiger partial charge on any atom is 0.331 e. The van der Waals surface area contributed by atoms with E-state index in [1.54, 1.807) is 61.8 Å². The van der Waals surface area contributed by atoms with E-state index in [0.717, 1.165) is 4.90 Å². The van der Waals surface area contributed by atoms with Gasteiger partial charge in [-0.2, -0.15) is 9.67 Å². The van der Waals surface area contributed by atoms with Gasteiger partial charge in [-0.1, -0.05) is 36.4 Å². The Balaban J connectivity index is 1.76. The fourth-order valence-corrected chi connectivity index (χ4v) is 3.92. The first-order chi connectivity index (χ1) is 16.0. The molecule has 0 aliphatic carbocycles. The van der Waals surface area contributed by atoms with Crippen molar-refractivity contribution in [3.8, 4) is 11.6 Å². The summed E-state index contributed by atoms with van der Waals surface area (Å²) in [5, 5.41) is 17.7. The smallest absolute Gasteiger partial charge is 0.331 e. The van der Waals surface area contributed by atoms with Crippen LogP contribution in [0.4, 0.5) is 10.1 Å². The quantitative estimate of drug-likeness (QED) is 0.361. The van der Waals surface area contributed by atoms with E-state index in [-0.39, 0.29) is 28.2 Å². The molecule has 4 aromatic rings. The Morgan fingerprint density at radius 3 is 2.21 bits per heavy atom. The second kappa shape index (κ2) is 7.83. The number of nitrogens with zero attached hydrogens (tertiary/aromatic N) is 4. The number of aromatic nitrogens is 3. The average molecular weight is 440 g/mol. The molecule has 33 heavy (non-hydrogen) atoms. The molecule has 5 rings (SSSR count). The Kier molecular flexibility index (Phi) is 4.82. The number of carbonyl (C=O) groups excluding carboxylic acids is 2. The first-order valence-corrected chi connectivity index (χ1v) is 10.2. The van der Waals surface area contributed by atoms with Gasteiger partial charge in [0.05, 0.1) is 17.1 Å². The zero-order valence-electron chi connectivity index (χ0n) is 17.5. The Bertz CT molecular complexity index is 1430. The molecule has 2 aromatic carbocycles. The number of anilines is 1. The number of hydrogen-bond donors (Lipinski definition) is 0. The number of pyridine rings is 1. The van der Waals surface area contributed by atoms with Crippen LogP contribution in [0.1, 0.15) is 11.3 Å². The van der Waals surface area contributed by atoms with Crippen LogP contribution in [0.2, 0.25) is 0 Å². The lowest BCUT2D eigenvalue weighted by molar-refractivity contribution is -0.576. The standard InChI is InChI=1S/C25H17FN4O3/c1-16-20(24(32)30(27-16)17-10-4-2-5-11-17)21-22(28-14-8-3-9-15-28)25(33)29(23(21)31)19-13-7-6-12-18(19)26/h2-15H,1H3. The second-order valence-electron chi connectivity index (χ2n) is 7.42. The average Bonchev–Trinajstić information content (AvgIpc) is 3.26. The molecule has 162 valence electrons. The lowest BCUT2D eigenvalue weighted by Crippen LogP contribution is -2.39. The van der Waals surface area contributed by atoms with E-state index in [1.165, 1.54) is 33.5 Å². The van der Waals surface area contributed by atoms with Gasteiger partial charge in [-0.15, -0.1) is 0 Å². The summed E-state index contributed by atoms with van der Waals surface area (Å²) in [5.74, 6) is -2.79. The molecule has 0 unspecified atom stereocenters. The highest BCUT2D eigenvalue weighted by Crippen LogP contribution is 2.38. The summed E-state index contributed by atoms with van der Waals surface area (Å²) in [4.78, 5) is 27.8. The van der Waals surface area contributed by atoms with Crippen LogP contribution in [0.3, 0.4) is 0 Å². The van der Waals surface area contributed by atoms with E-state index in [2.05, 4.69) is 5.10 Å². The van der Waals surface area contributed by atoms with E-state index in [0.29, 0.717) is 5.69 Å². The van der Waals surface area contributed by atoms with Crippen LogP contribution in [-0.2, 0) is 9.59 Å². The molecule has 7 nitrogen and oxygen atoms in total. The largest absolute Gasteiger partial charge is 0.858 e. The van der Waals surface area contributed by atoms with Crippen molar-refractivity contribution < 1.29 is 23.7 Å². The first kappa shape index (κ1) is 20.3. The number of imide groups is 1. The molecule has 1 aliphatic rings. The van der Waals surface area contributed by atoms with E-state index in [1.807, 2.05) is 6.07 Å². The molecule has 0 saturated heterocycles. The third-order valence-electron chi connectivity index (χ3n) is 5.40. The fraction of sp³-hybridized carbons (Fsp3) is 0.0400. The summed E-state index contributed by atoms with van der Waals surface area (Å²) >= 11 is 0. The van der Waals surface area contributed by atoms with Gasteiger partial charge in [-0.3, -0.25) is 9.59 Å². The molecule has 0 atom stereocenters. The summed E-state index contributed by atoms with van der Waals surface area (Å²) in [6, 6.07) is 19.4. The third kappa shape index (κ3) is 3.20. The predicted octanol–water partition coefficient (Wildman–Crippen LogP) is 2.62. The molecule has 0 spiro atoms. The van der Waals surface area contributed by atoms with E-state index >= 15 is 0 Å². The van der Waals surface area contributed by atoms with E-state index in [9.17, 15) is 19.1 Å². The molecular formula is C25H17FN4O3. The number of hydrogen-bond acceptors (Lipinski definition) is 4. The zero-order valence-corrected chi connectivity index (χ0v) is 17.5. The number of halogens is 1. The SMILES string of the molecule is Cc1nn(-c2ccccc2)c([O-])c1C1=C([n+]2ccccc2)C(=O)N(c2ccccc2F)C1=O. The van der Waals surface area contributed by atoms with Gasteiger partial charge in [0.15, 0.2) is 12.4 Å². The van der Waals surface area contributed by atoms with Crippen molar-refractivity contribution in [1.82, 2.24) is 9.78 Å². The monoisotopic (exact) mass is 440 g/mol. The van der Waals surface area contributed by atoms with Crippen molar-refractivity contribution in [2.45, 2.75) is 6.92 Å². The number of rotatable bonds is 4. The number of benzene rings is 2. The summed E-state index contributed by atoms with van der Waals surface area (Å²) in [5.41, 5.74) is 0.457. The highest BCUT2D eigenvalue weighted by atomic mass is 19.1. The first-order valence-electron chi connectivity index (χ1n) is 10.2. The molecular weight excluding hydrogens is 423 g/mol. The molecule has 3 heterocycles. The Morgan fingerprint density at radius 1 is 0.879 bits per heavy atom. The Labute approximate surface area is 188 Å². The van der Waals surface area contributed by atoms with Gasteiger partial charge in [-0.25, -0.2) is 14.0 Å². The van der Waals surface area contributed by atoms with Crippen LogP contribution < -0.4 is 14.6 Å². The molecule has 0 saturated carbocycles. The number of aryl methyl sites for hydroxylation is 1. The molecule has 0 fully saturated rings. The van der Waals surface area contributed by atoms with E-state index in [4.69, 9.17) is 0 Å². The van der Waals surface area contributed by atoms with Crippen molar-refractivity contribution >= 4 is 28.8 Å². The molecule has 0 radical (unpaired) electrons. The molecule has 2 aromatic heterocycles. The van der Waals surface area contributed by atoms with Crippen LogP contribution in [0.25, 0.3) is 17.0 Å². The van der Waals surface area contributed by atoms with Crippen LogP contribution in [0.15, 0.2) is 85.2 Å². The van der Waals surface area contributed by atoms with E-state index < -0.39 is 23.5 Å². The number of para-hydroxylation sites is 2. The predicted molar refractivity (Wildman–Crippen MR) is 116 cm³/mol. The second-order valence-corrected chi connectivity index (χ2v) is 7.42. The molecule has 0 bridgehead atoms. The van der Waals surface area contributed by atoms with Crippen molar-refractivity contribution in [2.75, 3.05) is 4.90 Å². The summed E-state index contributed by atoms with van der Waals surface area (Å²) in [6.07, 6.45) is 3.18. The van der Waals surface area contributed by atoms with Crippen LogP contribution in [-0.4, -0.2) is 21.6 Å². The fourth-order valence-electron chi connectivity index (χ4n) is 3.92. The van der Waals surface area contributed by atoms with Gasteiger partial charge < -0.3 is 5.11 Å². The minimum absolute atomic E-state index is 0.00222. The minimum Gasteiger partial charge on any atom is -0.858 e. The van der Waals surface area contributed by atoms with Gasteiger partial charge >= 0.3 is 5.91 Å². The molecule has 2 amide bonds. The van der Waals surface area contributed by atoms with Crippen LogP contribution in [0, 0.1) is 12.7 Å². The van der Waals surface area contributed by atoms with Gasteiger partial charge in [0.25, 0.3) is 11.6 Å². The van der Waals surface area contributed by atoms with Crippen LogP contribution in [0.5, 0.6) is 5.88 Å². The molecule has 1 aliphatic heterocycles. The molecule has 8 heteroatoms. The number of carbonyl (C=O) groups is 2. The Morgan fingerprint density at radius 2 is 1.52 bits per heavy atom. The number of amides is 2. The maximum atomic E-state index is 14.6. The van der Waals surface area contributed by atoms with Gasteiger partial charge in [-0.05, 0) is 37.1 Å². The Hall–Kier alpha value is -4.59. The normalized spacial score (nSPS) is 13.8. The van der Waals surface area contributed by atoms with Crippen molar-refractivity contribution in [3.05, 3.63) is 102 Å². The lowest BCUT2D eigenvalue weighted by atomic mass is 10.0. The maximum absolute atomic E-state index is 14.6. The van der Waals surface area contributed by atoms with Crippen molar-refractivity contribution in [2.24, 2.45) is 0 Å². The summed E-state index contributed by atoms with van der Waals surface area (Å²) in [7, 11) is 0. The third-order valence-corrected chi connectivity index (χ3v) is 5.40. The lowest BCUT2D eigenvalue weighted by Gasteiger charge is -2.16. The zero-order chi connectivity index (χ0) is 23.1. The highest BCUT2D eigenvalue weighted by Gasteiger charge is 2.48.